The molecule has 0 fully saturated rings. The van der Waals surface area contributed by atoms with Crippen molar-refractivity contribution in [2.45, 2.75) is 6.92 Å². The molecule has 0 aliphatic carbocycles. The van der Waals surface area contributed by atoms with Crippen LogP contribution < -0.4 is 10.9 Å². The Morgan fingerprint density at radius 2 is 1.71 bits per heavy atom. The fraction of sp³-hybridized carbons (Fsp3) is 0.0370. The minimum Gasteiger partial charge on any atom is -0.505 e. The molecule has 5 aromatic rings. The number of hydrogen-bond acceptors (Lipinski definition) is 6. The summed E-state index contributed by atoms with van der Waals surface area (Å²) in [5, 5.41) is 20.0. The third-order valence-electron chi connectivity index (χ3n) is 5.34. The van der Waals surface area contributed by atoms with E-state index in [2.05, 4.69) is 10.4 Å². The monoisotopic (exact) mass is 480 g/mol. The van der Waals surface area contributed by atoms with Crippen LogP contribution in [-0.4, -0.2) is 25.8 Å². The summed E-state index contributed by atoms with van der Waals surface area (Å²) in [7, 11) is 0. The number of aryl methyl sites for hydroxylation is 1. The van der Waals surface area contributed by atoms with Crippen molar-refractivity contribution in [2.24, 2.45) is 0 Å². The molecule has 0 spiro atoms. The van der Waals surface area contributed by atoms with E-state index in [0.717, 1.165) is 38.1 Å². The van der Waals surface area contributed by atoms with Gasteiger partial charge in [0.1, 0.15) is 5.01 Å². The second-order valence-corrected chi connectivity index (χ2v) is 8.76. The maximum Gasteiger partial charge on any atom is 0.279 e. The van der Waals surface area contributed by atoms with Crippen LogP contribution in [0.15, 0.2) is 95.1 Å². The van der Waals surface area contributed by atoms with E-state index in [1.807, 2.05) is 60.8 Å². The van der Waals surface area contributed by atoms with Gasteiger partial charge < -0.3 is 10.4 Å². The topological polar surface area (TPSA) is 97.1 Å². The van der Waals surface area contributed by atoms with Crippen LogP contribution in [0.25, 0.3) is 27.5 Å². The molecule has 0 aliphatic rings. The van der Waals surface area contributed by atoms with Gasteiger partial charge >= 0.3 is 0 Å². The lowest BCUT2D eigenvalue weighted by Crippen LogP contribution is -2.25. The second kappa shape index (κ2) is 9.36. The number of carbonyl (C=O) groups is 1. The van der Waals surface area contributed by atoms with Crippen molar-refractivity contribution in [1.29, 1.82) is 0 Å². The third kappa shape index (κ3) is 4.73. The molecule has 5 rings (SSSR count). The fourth-order valence-corrected chi connectivity index (χ4v) is 4.42. The molecular weight excluding hydrogens is 460 g/mol. The molecule has 2 aromatic heterocycles. The Morgan fingerprint density at radius 1 is 0.943 bits per heavy atom. The molecule has 2 heterocycles. The minimum absolute atomic E-state index is 0.248. The molecule has 172 valence electrons. The first-order valence-corrected chi connectivity index (χ1v) is 11.7. The van der Waals surface area contributed by atoms with Gasteiger partial charge in [0, 0.05) is 28.3 Å². The van der Waals surface area contributed by atoms with Gasteiger partial charge in [-0.05, 0) is 36.8 Å². The normalized spacial score (nSPS) is 10.8. The number of rotatable bonds is 5. The van der Waals surface area contributed by atoms with Gasteiger partial charge in [-0.2, -0.15) is 9.78 Å². The summed E-state index contributed by atoms with van der Waals surface area (Å²) in [5.74, 6) is -1.11. The number of nitrogens with zero attached hydrogens (tertiary/aromatic N) is 3. The van der Waals surface area contributed by atoms with Gasteiger partial charge in [0.25, 0.3) is 11.5 Å². The molecule has 0 bridgehead atoms. The number of nitrogens with one attached hydrogen (secondary N) is 1. The average Bonchev–Trinajstić information content (AvgIpc) is 3.35. The van der Waals surface area contributed by atoms with Crippen LogP contribution in [0.3, 0.4) is 0 Å². The predicted molar refractivity (Wildman–Crippen MR) is 137 cm³/mol. The van der Waals surface area contributed by atoms with E-state index in [9.17, 15) is 14.7 Å². The second-order valence-electron chi connectivity index (χ2n) is 7.90. The summed E-state index contributed by atoms with van der Waals surface area (Å²) in [5.41, 5.74) is 4.00. The Balaban J connectivity index is 1.36. The Hall–Kier alpha value is -4.56. The largest absolute Gasteiger partial charge is 0.505 e. The van der Waals surface area contributed by atoms with Gasteiger partial charge in [-0.15, -0.1) is 11.3 Å². The first-order chi connectivity index (χ1) is 17.0. The summed E-state index contributed by atoms with van der Waals surface area (Å²) in [6, 6.07) is 25.3. The molecule has 0 unspecified atom stereocenters. The van der Waals surface area contributed by atoms with Gasteiger partial charge in [-0.25, -0.2) is 4.98 Å². The third-order valence-corrected chi connectivity index (χ3v) is 6.23. The van der Waals surface area contributed by atoms with Crippen molar-refractivity contribution in [3.05, 3.63) is 112 Å². The quantitative estimate of drug-likeness (QED) is 0.356. The van der Waals surface area contributed by atoms with Crippen molar-refractivity contribution in [3.8, 4) is 33.3 Å². The van der Waals surface area contributed by atoms with Crippen molar-refractivity contribution >= 4 is 22.9 Å². The Kier molecular flexibility index (Phi) is 5.95. The van der Waals surface area contributed by atoms with Gasteiger partial charge in [-0.3, -0.25) is 9.59 Å². The SMILES string of the molecule is Cc1cccc(-n2nc(C(=O)Nc3ccc(-c4csc(-c5ccccc5)n4)cc3)c(O)cc2=O)c1. The van der Waals surface area contributed by atoms with E-state index in [1.54, 1.807) is 41.7 Å². The maximum atomic E-state index is 12.9. The zero-order valence-corrected chi connectivity index (χ0v) is 19.5. The molecule has 1 amide bonds. The lowest BCUT2D eigenvalue weighted by Gasteiger charge is -2.10. The molecular formula is C27H20N4O3S. The van der Waals surface area contributed by atoms with Crippen molar-refractivity contribution in [3.63, 3.8) is 0 Å². The summed E-state index contributed by atoms with van der Waals surface area (Å²) < 4.78 is 1.09. The Morgan fingerprint density at radius 3 is 2.46 bits per heavy atom. The van der Waals surface area contributed by atoms with Crippen LogP contribution >= 0.6 is 11.3 Å². The summed E-state index contributed by atoms with van der Waals surface area (Å²) >= 11 is 1.57. The molecule has 2 N–H and O–H groups in total. The molecule has 7 nitrogen and oxygen atoms in total. The summed E-state index contributed by atoms with van der Waals surface area (Å²) in [4.78, 5) is 29.9. The first-order valence-electron chi connectivity index (χ1n) is 10.8. The van der Waals surface area contributed by atoms with E-state index in [-0.39, 0.29) is 5.69 Å². The summed E-state index contributed by atoms with van der Waals surface area (Å²) in [6.45, 7) is 1.89. The van der Waals surface area contributed by atoms with Crippen LogP contribution in [-0.2, 0) is 0 Å². The molecule has 0 atom stereocenters. The Labute approximate surface area is 205 Å². The molecule has 0 aliphatic heterocycles. The van der Waals surface area contributed by atoms with E-state index < -0.39 is 17.2 Å². The number of amides is 1. The molecule has 0 radical (unpaired) electrons. The number of anilines is 1. The zero-order valence-electron chi connectivity index (χ0n) is 18.7. The highest BCUT2D eigenvalue weighted by atomic mass is 32.1. The molecule has 35 heavy (non-hydrogen) atoms. The van der Waals surface area contributed by atoms with Crippen LogP contribution in [0.4, 0.5) is 5.69 Å². The van der Waals surface area contributed by atoms with E-state index >= 15 is 0 Å². The van der Waals surface area contributed by atoms with Gasteiger partial charge in [0.2, 0.25) is 0 Å². The number of hydrogen-bond donors (Lipinski definition) is 2. The zero-order chi connectivity index (χ0) is 24.4. The Bertz CT molecular complexity index is 1570. The standard InChI is InChI=1S/C27H20N4O3S/c1-17-6-5-9-21(14-17)31-24(33)15-23(32)25(30-31)26(34)28-20-12-10-18(11-13-20)22-16-35-27(29-22)19-7-3-2-4-8-19/h2-16,32H,1H3,(H,28,34). The van der Waals surface area contributed by atoms with Crippen LogP contribution in [0, 0.1) is 6.92 Å². The highest BCUT2D eigenvalue weighted by molar-refractivity contribution is 7.13. The van der Waals surface area contributed by atoms with Gasteiger partial charge in [-0.1, -0.05) is 54.6 Å². The smallest absolute Gasteiger partial charge is 0.279 e. The lowest BCUT2D eigenvalue weighted by molar-refractivity contribution is 0.101. The van der Waals surface area contributed by atoms with Crippen LogP contribution in [0.5, 0.6) is 5.75 Å². The predicted octanol–water partition coefficient (Wildman–Crippen LogP) is 5.29. The van der Waals surface area contributed by atoms with Crippen molar-refractivity contribution < 1.29 is 9.90 Å². The maximum absolute atomic E-state index is 12.9. The number of carbonyl (C=O) groups excluding carboxylic acids is 1. The van der Waals surface area contributed by atoms with E-state index in [4.69, 9.17) is 4.98 Å². The van der Waals surface area contributed by atoms with Crippen LogP contribution in [0.1, 0.15) is 16.1 Å². The average molecular weight is 481 g/mol. The minimum atomic E-state index is -0.628. The molecule has 8 heteroatoms. The van der Waals surface area contributed by atoms with Crippen molar-refractivity contribution in [2.75, 3.05) is 5.32 Å². The number of benzene rings is 3. The van der Waals surface area contributed by atoms with Crippen LogP contribution in [0.2, 0.25) is 0 Å². The molecule has 3 aromatic carbocycles. The number of aromatic nitrogens is 3. The lowest BCUT2D eigenvalue weighted by atomic mass is 10.1. The number of thiazole rings is 1. The van der Waals surface area contributed by atoms with E-state index in [0.29, 0.717) is 11.4 Å². The van der Waals surface area contributed by atoms with E-state index in [1.165, 1.54) is 0 Å². The fourth-order valence-electron chi connectivity index (χ4n) is 3.59. The van der Waals surface area contributed by atoms with Gasteiger partial charge in [0.05, 0.1) is 11.4 Å². The first kappa shape index (κ1) is 22.2. The van der Waals surface area contributed by atoms with Gasteiger partial charge in [0.15, 0.2) is 11.4 Å². The molecule has 0 saturated carbocycles. The molecule has 0 saturated heterocycles. The van der Waals surface area contributed by atoms with Crippen molar-refractivity contribution in [1.82, 2.24) is 14.8 Å². The highest BCUT2D eigenvalue weighted by Gasteiger charge is 2.17. The number of aromatic hydroxyl groups is 1. The summed E-state index contributed by atoms with van der Waals surface area (Å²) in [6.07, 6.45) is 0. The highest BCUT2D eigenvalue weighted by Crippen LogP contribution is 2.29.